The quantitative estimate of drug-likeness (QED) is 0.413. The van der Waals surface area contributed by atoms with Crippen LogP contribution >= 0.6 is 0 Å². The number of pyridine rings is 1. The summed E-state index contributed by atoms with van der Waals surface area (Å²) in [5.41, 5.74) is 9.49. The monoisotopic (exact) mass is 429 g/mol. The summed E-state index contributed by atoms with van der Waals surface area (Å²) in [6.45, 7) is 3.63. The molecular formula is C23H23N7O2. The zero-order valence-corrected chi connectivity index (χ0v) is 17.6. The molecule has 0 atom stereocenters. The van der Waals surface area contributed by atoms with Gasteiger partial charge in [0.25, 0.3) is 0 Å². The fraction of sp³-hybridized carbons (Fsp3) is 0.217. The van der Waals surface area contributed by atoms with Crippen LogP contribution in [0.15, 0.2) is 48.5 Å². The van der Waals surface area contributed by atoms with Crippen molar-refractivity contribution in [2.75, 3.05) is 24.2 Å². The molecule has 32 heavy (non-hydrogen) atoms. The summed E-state index contributed by atoms with van der Waals surface area (Å²) in [5, 5.41) is 15.5. The maximum absolute atomic E-state index is 12.3. The zero-order chi connectivity index (χ0) is 22.5. The molecule has 0 aliphatic heterocycles. The van der Waals surface area contributed by atoms with Gasteiger partial charge in [-0.25, -0.2) is 14.8 Å². The Labute approximate surface area is 184 Å². The van der Waals surface area contributed by atoms with Crippen molar-refractivity contribution >= 4 is 39.5 Å². The second kappa shape index (κ2) is 9.32. The van der Waals surface area contributed by atoms with Crippen LogP contribution in [0.1, 0.15) is 18.3 Å². The number of amides is 2. The van der Waals surface area contributed by atoms with Gasteiger partial charge in [0.2, 0.25) is 0 Å². The molecule has 0 aliphatic rings. The van der Waals surface area contributed by atoms with E-state index in [2.05, 4.69) is 26.7 Å². The lowest BCUT2D eigenvalue weighted by Crippen LogP contribution is -2.31. The van der Waals surface area contributed by atoms with E-state index in [1.54, 1.807) is 24.3 Å². The Bertz CT molecular complexity index is 1320. The number of nitrogens with two attached hydrogens (primary N) is 1. The highest BCUT2D eigenvalue weighted by atomic mass is 16.5. The summed E-state index contributed by atoms with van der Waals surface area (Å²) in [5.74, 6) is 1.08. The number of nitrogens with one attached hydrogen (secondary N) is 2. The third kappa shape index (κ3) is 4.31. The Hall–Kier alpha value is -4.16. The first-order valence-electron chi connectivity index (χ1n) is 10.3. The van der Waals surface area contributed by atoms with Crippen molar-refractivity contribution in [3.05, 3.63) is 59.9 Å². The molecule has 0 spiro atoms. The van der Waals surface area contributed by atoms with E-state index in [9.17, 15) is 4.79 Å². The smallest absolute Gasteiger partial charge is 0.319 e. The van der Waals surface area contributed by atoms with Gasteiger partial charge in [-0.2, -0.15) is 5.26 Å². The van der Waals surface area contributed by atoms with E-state index in [0.717, 1.165) is 22.2 Å². The Morgan fingerprint density at radius 2 is 2.06 bits per heavy atom. The molecule has 2 aromatic heterocycles. The van der Waals surface area contributed by atoms with Gasteiger partial charge in [0.1, 0.15) is 17.9 Å². The average molecular weight is 429 g/mol. The highest BCUT2D eigenvalue weighted by molar-refractivity contribution is 6.06. The van der Waals surface area contributed by atoms with Gasteiger partial charge < -0.3 is 25.7 Å². The van der Waals surface area contributed by atoms with Crippen molar-refractivity contribution in [2.45, 2.75) is 20.1 Å². The third-order valence-corrected chi connectivity index (χ3v) is 5.00. The van der Waals surface area contributed by atoms with Crippen LogP contribution in [0.25, 0.3) is 21.9 Å². The number of benzene rings is 2. The molecular weight excluding hydrogens is 406 g/mol. The molecule has 2 heterocycles. The lowest BCUT2D eigenvalue weighted by atomic mass is 10.2. The van der Waals surface area contributed by atoms with E-state index < -0.39 is 0 Å². The van der Waals surface area contributed by atoms with Crippen molar-refractivity contribution < 1.29 is 9.53 Å². The second-order valence-electron chi connectivity index (χ2n) is 7.10. The number of fused-ring (bicyclic) bond motifs is 3. The molecule has 4 N–H and O–H groups in total. The Kier molecular flexibility index (Phi) is 6.14. The van der Waals surface area contributed by atoms with E-state index in [1.165, 1.54) is 0 Å². The van der Waals surface area contributed by atoms with Crippen LogP contribution in [0.3, 0.4) is 0 Å². The predicted molar refractivity (Wildman–Crippen MR) is 123 cm³/mol. The average Bonchev–Trinajstić information content (AvgIpc) is 3.17. The van der Waals surface area contributed by atoms with Gasteiger partial charge in [0.05, 0.1) is 22.7 Å². The molecule has 2 amide bonds. The molecule has 0 saturated heterocycles. The van der Waals surface area contributed by atoms with Crippen LogP contribution in [-0.4, -0.2) is 33.7 Å². The number of nitrogens with zero attached hydrogens (tertiary/aromatic N) is 4. The zero-order valence-electron chi connectivity index (χ0n) is 17.6. The maximum atomic E-state index is 12.3. The number of rotatable bonds is 7. The van der Waals surface area contributed by atoms with E-state index in [0.29, 0.717) is 48.9 Å². The summed E-state index contributed by atoms with van der Waals surface area (Å²) in [7, 11) is 0. The summed E-state index contributed by atoms with van der Waals surface area (Å²) >= 11 is 0. The topological polar surface area (TPSA) is 131 Å². The summed E-state index contributed by atoms with van der Waals surface area (Å²) in [4.78, 5) is 21.5. The van der Waals surface area contributed by atoms with E-state index in [4.69, 9.17) is 15.7 Å². The van der Waals surface area contributed by atoms with Crippen molar-refractivity contribution in [1.29, 1.82) is 5.26 Å². The van der Waals surface area contributed by atoms with Gasteiger partial charge in [0, 0.05) is 30.8 Å². The number of ether oxygens (including phenoxy) is 1. The largest absolute Gasteiger partial charge is 0.382 e. The number of para-hydroxylation sites is 1. The highest BCUT2D eigenvalue weighted by Crippen LogP contribution is 2.28. The minimum atomic E-state index is -0.359. The molecule has 0 bridgehead atoms. The summed E-state index contributed by atoms with van der Waals surface area (Å²) in [6.07, 6.45) is 0. The van der Waals surface area contributed by atoms with Gasteiger partial charge in [-0.05, 0) is 31.2 Å². The van der Waals surface area contributed by atoms with Crippen molar-refractivity contribution in [1.82, 2.24) is 19.9 Å². The number of urea groups is 1. The fourth-order valence-corrected chi connectivity index (χ4v) is 3.57. The fourth-order valence-electron chi connectivity index (χ4n) is 3.57. The number of anilines is 2. The van der Waals surface area contributed by atoms with Gasteiger partial charge >= 0.3 is 6.03 Å². The maximum Gasteiger partial charge on any atom is 0.319 e. The molecule has 0 saturated carbocycles. The molecule has 9 heteroatoms. The second-order valence-corrected chi connectivity index (χ2v) is 7.10. The number of carbonyl (C=O) groups is 1. The standard InChI is InChI=1S/C23H23N7O2/c1-2-32-14-19-29-20-21(17-8-3-4-9-18(17)28-22(20)25)30(19)11-10-26-23(31)27-16-7-5-6-15(12-16)13-24/h3-9,12H,2,10-11,14H2,1H3,(H2,25,28)(H2,26,27,31). The van der Waals surface area contributed by atoms with Gasteiger partial charge in [-0.15, -0.1) is 0 Å². The number of nitriles is 1. The minimum absolute atomic E-state index is 0.325. The van der Waals surface area contributed by atoms with E-state index >= 15 is 0 Å². The first-order valence-corrected chi connectivity index (χ1v) is 10.3. The van der Waals surface area contributed by atoms with Crippen LogP contribution in [0, 0.1) is 11.3 Å². The van der Waals surface area contributed by atoms with Gasteiger partial charge in [-0.1, -0.05) is 24.3 Å². The van der Waals surface area contributed by atoms with Crippen molar-refractivity contribution in [3.8, 4) is 6.07 Å². The Morgan fingerprint density at radius 1 is 1.22 bits per heavy atom. The lowest BCUT2D eigenvalue weighted by molar-refractivity contribution is 0.126. The number of hydrogen-bond acceptors (Lipinski definition) is 6. The summed E-state index contributed by atoms with van der Waals surface area (Å²) < 4.78 is 7.62. The van der Waals surface area contributed by atoms with Crippen LogP contribution < -0.4 is 16.4 Å². The van der Waals surface area contributed by atoms with Crippen molar-refractivity contribution in [2.24, 2.45) is 0 Å². The number of hydrogen-bond donors (Lipinski definition) is 3. The molecule has 162 valence electrons. The van der Waals surface area contributed by atoms with Crippen LogP contribution in [0.2, 0.25) is 0 Å². The lowest BCUT2D eigenvalue weighted by Gasteiger charge is -2.12. The van der Waals surface area contributed by atoms with Crippen molar-refractivity contribution in [3.63, 3.8) is 0 Å². The molecule has 4 aromatic rings. The Balaban J connectivity index is 1.57. The predicted octanol–water partition coefficient (Wildman–Crippen LogP) is 3.40. The molecule has 0 unspecified atom stereocenters. The minimum Gasteiger partial charge on any atom is -0.382 e. The summed E-state index contributed by atoms with van der Waals surface area (Å²) in [6, 6.07) is 16.2. The molecule has 0 fully saturated rings. The van der Waals surface area contributed by atoms with E-state index in [1.807, 2.05) is 35.8 Å². The van der Waals surface area contributed by atoms with Crippen LogP contribution in [-0.2, 0) is 17.9 Å². The molecule has 2 aromatic carbocycles. The number of nitrogen functional groups attached to an aromatic ring is 1. The van der Waals surface area contributed by atoms with E-state index in [-0.39, 0.29) is 6.03 Å². The molecule has 0 radical (unpaired) electrons. The van der Waals surface area contributed by atoms with Gasteiger partial charge in [0.15, 0.2) is 5.82 Å². The number of imidazole rings is 1. The first-order chi connectivity index (χ1) is 15.6. The van der Waals surface area contributed by atoms with Crippen LogP contribution in [0.5, 0.6) is 0 Å². The number of carbonyl (C=O) groups excluding carboxylic acids is 1. The SMILES string of the molecule is CCOCc1nc2c(N)nc3ccccc3c2n1CCNC(=O)Nc1cccc(C#N)c1. The highest BCUT2D eigenvalue weighted by Gasteiger charge is 2.17. The third-order valence-electron chi connectivity index (χ3n) is 5.00. The molecule has 9 nitrogen and oxygen atoms in total. The number of aromatic nitrogens is 3. The molecule has 4 rings (SSSR count). The Morgan fingerprint density at radius 3 is 2.88 bits per heavy atom. The van der Waals surface area contributed by atoms with Crippen LogP contribution in [0.4, 0.5) is 16.3 Å². The van der Waals surface area contributed by atoms with Gasteiger partial charge in [-0.3, -0.25) is 0 Å². The first kappa shape index (κ1) is 21.1. The normalized spacial score (nSPS) is 10.9. The molecule has 0 aliphatic carbocycles.